The Kier molecular flexibility index (Phi) is 5.07. The fraction of sp³-hybridized carbons (Fsp3) is 0.0357. The third-order valence-corrected chi connectivity index (χ3v) is 5.43. The van der Waals surface area contributed by atoms with Crippen LogP contribution in [0.1, 0.15) is 5.56 Å². The molecule has 0 spiro atoms. The van der Waals surface area contributed by atoms with Crippen molar-refractivity contribution in [3.8, 4) is 28.2 Å². The number of rotatable bonds is 5. The summed E-state index contributed by atoms with van der Waals surface area (Å²) in [6.45, 7) is 0.504. The second-order valence-corrected chi connectivity index (χ2v) is 7.45. The molecule has 150 valence electrons. The van der Waals surface area contributed by atoms with E-state index in [1.807, 2.05) is 94.1 Å². The smallest absolute Gasteiger partial charge is 0.287 e. The van der Waals surface area contributed by atoms with E-state index >= 15 is 0 Å². The average Bonchev–Trinajstić information content (AvgIpc) is 3.13. The first kappa shape index (κ1) is 18.9. The molecule has 0 N–H and O–H groups in total. The van der Waals surface area contributed by atoms with Crippen molar-refractivity contribution in [2.24, 2.45) is 0 Å². The Balaban J connectivity index is 1.86. The summed E-state index contributed by atoms with van der Waals surface area (Å²) in [4.78, 5) is 13.9. The molecule has 1 heterocycles. The number of para-hydroxylation sites is 1. The summed E-state index contributed by atoms with van der Waals surface area (Å²) in [5.41, 5.74) is 5.75. The van der Waals surface area contributed by atoms with E-state index in [0.29, 0.717) is 6.54 Å². The van der Waals surface area contributed by atoms with Crippen LogP contribution in [0.3, 0.4) is 0 Å². The minimum absolute atomic E-state index is 0.0484. The largest absolute Gasteiger partial charge is 0.334 e. The third-order valence-electron chi connectivity index (χ3n) is 5.43. The highest BCUT2D eigenvalue weighted by molar-refractivity contribution is 5.80. The molecule has 0 atom stereocenters. The molecule has 0 aliphatic heterocycles. The van der Waals surface area contributed by atoms with E-state index in [1.165, 1.54) is 0 Å². The van der Waals surface area contributed by atoms with Crippen molar-refractivity contribution >= 4 is 0 Å². The quantitative estimate of drug-likeness (QED) is 0.353. The van der Waals surface area contributed by atoms with E-state index in [9.17, 15) is 4.79 Å². The molecule has 0 unspecified atom stereocenters. The lowest BCUT2D eigenvalue weighted by Gasteiger charge is -2.12. The first-order valence-corrected chi connectivity index (χ1v) is 10.4. The molecule has 5 rings (SSSR count). The van der Waals surface area contributed by atoms with Gasteiger partial charge in [-0.1, -0.05) is 109 Å². The molecule has 4 aromatic carbocycles. The Morgan fingerprint density at radius 1 is 0.516 bits per heavy atom. The number of hydrogen-bond donors (Lipinski definition) is 0. The summed E-state index contributed by atoms with van der Waals surface area (Å²) in [6.07, 6.45) is 0. The summed E-state index contributed by atoms with van der Waals surface area (Å²) in [5, 5.41) is 0. The summed E-state index contributed by atoms with van der Waals surface area (Å²) in [5.74, 6) is 0. The van der Waals surface area contributed by atoms with Crippen molar-refractivity contribution in [1.29, 1.82) is 0 Å². The lowest BCUT2D eigenvalue weighted by Crippen LogP contribution is -2.24. The number of imidazole rings is 1. The van der Waals surface area contributed by atoms with Gasteiger partial charge in [-0.05, 0) is 17.7 Å². The molecule has 0 saturated carbocycles. The van der Waals surface area contributed by atoms with Crippen molar-refractivity contribution in [1.82, 2.24) is 9.13 Å². The van der Waals surface area contributed by atoms with Crippen LogP contribution in [-0.2, 0) is 6.54 Å². The lowest BCUT2D eigenvalue weighted by molar-refractivity contribution is 0.748. The van der Waals surface area contributed by atoms with E-state index in [-0.39, 0.29) is 5.69 Å². The number of nitrogens with zero attached hydrogens (tertiary/aromatic N) is 2. The van der Waals surface area contributed by atoms with E-state index in [0.717, 1.165) is 33.8 Å². The van der Waals surface area contributed by atoms with Crippen molar-refractivity contribution in [3.05, 3.63) is 137 Å². The van der Waals surface area contributed by atoms with Gasteiger partial charge >= 0.3 is 5.69 Å². The van der Waals surface area contributed by atoms with Gasteiger partial charge in [0, 0.05) is 11.1 Å². The lowest BCUT2D eigenvalue weighted by atomic mass is 10.0. The zero-order chi connectivity index (χ0) is 21.0. The fourth-order valence-electron chi connectivity index (χ4n) is 4.03. The summed E-state index contributed by atoms with van der Waals surface area (Å²) < 4.78 is 3.72. The fourth-order valence-corrected chi connectivity index (χ4v) is 4.03. The van der Waals surface area contributed by atoms with Gasteiger partial charge in [0.1, 0.15) is 0 Å². The van der Waals surface area contributed by atoms with Gasteiger partial charge in [0.05, 0.1) is 23.6 Å². The molecule has 3 nitrogen and oxygen atoms in total. The molecular weight excluding hydrogens is 380 g/mol. The van der Waals surface area contributed by atoms with Crippen molar-refractivity contribution in [3.63, 3.8) is 0 Å². The van der Waals surface area contributed by atoms with Gasteiger partial charge in [0.15, 0.2) is 0 Å². The zero-order valence-corrected chi connectivity index (χ0v) is 17.1. The highest BCUT2D eigenvalue weighted by Gasteiger charge is 2.23. The maximum Gasteiger partial charge on any atom is 0.334 e. The molecular formula is C28H22N2O. The van der Waals surface area contributed by atoms with Crippen LogP contribution in [0.2, 0.25) is 0 Å². The Morgan fingerprint density at radius 2 is 0.968 bits per heavy atom. The molecule has 0 fully saturated rings. The second-order valence-electron chi connectivity index (χ2n) is 7.45. The van der Waals surface area contributed by atoms with Gasteiger partial charge in [-0.15, -0.1) is 0 Å². The molecule has 1 aromatic heterocycles. The summed E-state index contributed by atoms with van der Waals surface area (Å²) in [6, 6.07) is 40.3. The number of benzene rings is 4. The highest BCUT2D eigenvalue weighted by Crippen LogP contribution is 2.33. The van der Waals surface area contributed by atoms with Crippen LogP contribution in [0, 0.1) is 0 Å². The molecule has 5 aromatic rings. The molecule has 0 radical (unpaired) electrons. The van der Waals surface area contributed by atoms with Crippen LogP contribution in [0.15, 0.2) is 126 Å². The SMILES string of the molecule is O=c1n(Cc2ccccc2)c(-c2ccccc2)c(-c2ccccc2)n1-c1ccccc1. The monoisotopic (exact) mass is 402 g/mol. The van der Waals surface area contributed by atoms with Crippen molar-refractivity contribution in [2.75, 3.05) is 0 Å². The topological polar surface area (TPSA) is 26.9 Å². The predicted octanol–water partition coefficient (Wildman–Crippen LogP) is 6.02. The Labute approximate surface area is 181 Å². The van der Waals surface area contributed by atoms with E-state index in [2.05, 4.69) is 36.4 Å². The molecule has 0 bridgehead atoms. The van der Waals surface area contributed by atoms with E-state index in [1.54, 1.807) is 0 Å². The molecule has 0 aliphatic rings. The standard InChI is InChI=1S/C28H22N2O/c31-28-29(21-22-13-5-1-6-14-22)26(23-15-7-2-8-16-23)27(24-17-9-3-10-18-24)30(28)25-19-11-4-12-20-25/h1-20H,21H2. The van der Waals surface area contributed by atoms with Crippen molar-refractivity contribution < 1.29 is 0 Å². The molecule has 0 amide bonds. The van der Waals surface area contributed by atoms with Crippen LogP contribution in [0.5, 0.6) is 0 Å². The van der Waals surface area contributed by atoms with Gasteiger partial charge in [0.2, 0.25) is 0 Å². The zero-order valence-electron chi connectivity index (χ0n) is 17.1. The Morgan fingerprint density at radius 3 is 1.52 bits per heavy atom. The molecule has 31 heavy (non-hydrogen) atoms. The molecule has 3 heteroatoms. The van der Waals surface area contributed by atoms with E-state index in [4.69, 9.17) is 0 Å². The Hall–Kier alpha value is -4.11. The van der Waals surface area contributed by atoms with Crippen LogP contribution in [-0.4, -0.2) is 9.13 Å². The third kappa shape index (κ3) is 3.62. The average molecular weight is 402 g/mol. The number of hydrogen-bond acceptors (Lipinski definition) is 1. The second kappa shape index (κ2) is 8.33. The maximum atomic E-state index is 13.9. The molecule has 0 aliphatic carbocycles. The minimum Gasteiger partial charge on any atom is -0.287 e. The summed E-state index contributed by atoms with van der Waals surface area (Å²) >= 11 is 0. The first-order chi connectivity index (χ1) is 15.3. The normalized spacial score (nSPS) is 10.8. The first-order valence-electron chi connectivity index (χ1n) is 10.4. The van der Waals surface area contributed by atoms with Gasteiger partial charge in [-0.25, -0.2) is 4.79 Å². The summed E-state index contributed by atoms with van der Waals surface area (Å²) in [7, 11) is 0. The van der Waals surface area contributed by atoms with E-state index < -0.39 is 0 Å². The van der Waals surface area contributed by atoms with Gasteiger partial charge in [-0.3, -0.25) is 9.13 Å². The van der Waals surface area contributed by atoms with Gasteiger partial charge in [0.25, 0.3) is 0 Å². The maximum absolute atomic E-state index is 13.9. The molecule has 0 saturated heterocycles. The highest BCUT2D eigenvalue weighted by atomic mass is 16.1. The van der Waals surface area contributed by atoms with Gasteiger partial charge in [-0.2, -0.15) is 0 Å². The van der Waals surface area contributed by atoms with Crippen LogP contribution < -0.4 is 5.69 Å². The van der Waals surface area contributed by atoms with Gasteiger partial charge < -0.3 is 0 Å². The number of aromatic nitrogens is 2. The van der Waals surface area contributed by atoms with Crippen LogP contribution in [0.25, 0.3) is 28.2 Å². The Bertz CT molecular complexity index is 1340. The van der Waals surface area contributed by atoms with Crippen molar-refractivity contribution in [2.45, 2.75) is 6.54 Å². The predicted molar refractivity (Wildman–Crippen MR) is 126 cm³/mol. The van der Waals surface area contributed by atoms with Crippen LogP contribution in [0.4, 0.5) is 0 Å². The minimum atomic E-state index is -0.0484. The van der Waals surface area contributed by atoms with Crippen LogP contribution >= 0.6 is 0 Å².